The van der Waals surface area contributed by atoms with Crippen LogP contribution in [0.3, 0.4) is 0 Å². The Hall–Kier alpha value is -2.29. The van der Waals surface area contributed by atoms with Crippen molar-refractivity contribution in [2.45, 2.75) is 50.5 Å². The van der Waals surface area contributed by atoms with Crippen LogP contribution in [-0.2, 0) is 27.4 Å². The molecule has 29 heavy (non-hydrogen) atoms. The van der Waals surface area contributed by atoms with Crippen molar-refractivity contribution >= 4 is 17.7 Å². The molecular formula is C21H26N4O4. The predicted molar refractivity (Wildman–Crippen MR) is 104 cm³/mol. The summed E-state index contributed by atoms with van der Waals surface area (Å²) in [6.45, 7) is 3.76. The Morgan fingerprint density at radius 3 is 2.93 bits per heavy atom. The fourth-order valence-electron chi connectivity index (χ4n) is 5.02. The van der Waals surface area contributed by atoms with Gasteiger partial charge in [0.2, 0.25) is 11.8 Å². The van der Waals surface area contributed by atoms with Crippen molar-refractivity contribution in [2.75, 3.05) is 19.8 Å². The van der Waals surface area contributed by atoms with Gasteiger partial charge in [-0.3, -0.25) is 19.7 Å². The third-order valence-corrected chi connectivity index (χ3v) is 6.54. The molecule has 4 unspecified atom stereocenters. The van der Waals surface area contributed by atoms with E-state index in [-0.39, 0.29) is 24.1 Å². The van der Waals surface area contributed by atoms with Gasteiger partial charge < -0.3 is 20.3 Å². The molecular weight excluding hydrogens is 372 g/mol. The van der Waals surface area contributed by atoms with Crippen molar-refractivity contribution in [3.05, 3.63) is 34.9 Å². The first kappa shape index (κ1) is 18.7. The molecule has 3 fully saturated rings. The number of carbonyl (C=O) groups excluding carboxylic acids is 3. The van der Waals surface area contributed by atoms with Crippen molar-refractivity contribution in [2.24, 2.45) is 5.92 Å². The van der Waals surface area contributed by atoms with Crippen LogP contribution in [0.5, 0.6) is 0 Å². The lowest BCUT2D eigenvalue weighted by molar-refractivity contribution is -0.136. The summed E-state index contributed by atoms with van der Waals surface area (Å²) in [4.78, 5) is 37.9. The lowest BCUT2D eigenvalue weighted by Crippen LogP contribution is -2.52. The van der Waals surface area contributed by atoms with E-state index in [2.05, 4.69) is 22.0 Å². The van der Waals surface area contributed by atoms with Gasteiger partial charge in [0.25, 0.3) is 5.91 Å². The summed E-state index contributed by atoms with van der Waals surface area (Å²) in [5.41, 5.74) is 2.73. The maximum atomic E-state index is 12.7. The second-order valence-corrected chi connectivity index (χ2v) is 8.53. The maximum Gasteiger partial charge on any atom is 0.255 e. The minimum Gasteiger partial charge on any atom is -0.379 e. The molecule has 4 aliphatic rings. The number of imide groups is 1. The quantitative estimate of drug-likeness (QED) is 0.600. The van der Waals surface area contributed by atoms with Gasteiger partial charge in [0.1, 0.15) is 6.04 Å². The molecule has 5 rings (SSSR count). The molecule has 1 aromatic carbocycles. The number of hydrogen-bond donors (Lipinski definition) is 3. The fourth-order valence-corrected chi connectivity index (χ4v) is 5.02. The molecule has 4 aliphatic heterocycles. The van der Waals surface area contributed by atoms with Crippen molar-refractivity contribution in [3.63, 3.8) is 0 Å². The lowest BCUT2D eigenvalue weighted by atomic mass is 10.0. The van der Waals surface area contributed by atoms with Crippen molar-refractivity contribution in [1.82, 2.24) is 20.9 Å². The van der Waals surface area contributed by atoms with E-state index in [1.165, 1.54) is 0 Å². The van der Waals surface area contributed by atoms with Gasteiger partial charge in [-0.1, -0.05) is 12.1 Å². The van der Waals surface area contributed by atoms with Crippen LogP contribution < -0.4 is 16.0 Å². The highest BCUT2D eigenvalue weighted by atomic mass is 16.5. The van der Waals surface area contributed by atoms with Crippen molar-refractivity contribution in [1.29, 1.82) is 0 Å². The van der Waals surface area contributed by atoms with Gasteiger partial charge in [-0.25, -0.2) is 0 Å². The summed E-state index contributed by atoms with van der Waals surface area (Å²) in [6.07, 6.45) is 1.81. The first-order valence-electron chi connectivity index (χ1n) is 10.4. The van der Waals surface area contributed by atoms with Crippen LogP contribution in [0, 0.1) is 5.92 Å². The van der Waals surface area contributed by atoms with Gasteiger partial charge in [-0.15, -0.1) is 0 Å². The van der Waals surface area contributed by atoms with Crippen molar-refractivity contribution in [3.8, 4) is 0 Å². The highest BCUT2D eigenvalue weighted by Gasteiger charge is 2.39. The Labute approximate surface area is 169 Å². The summed E-state index contributed by atoms with van der Waals surface area (Å²) < 4.78 is 5.49. The Balaban J connectivity index is 1.18. The third-order valence-electron chi connectivity index (χ3n) is 6.54. The topological polar surface area (TPSA) is 99.8 Å². The minimum atomic E-state index is -0.564. The summed E-state index contributed by atoms with van der Waals surface area (Å²) in [6, 6.07) is 6.31. The Morgan fingerprint density at radius 1 is 1.21 bits per heavy atom. The normalized spacial score (nSPS) is 31.2. The average molecular weight is 398 g/mol. The lowest BCUT2D eigenvalue weighted by Gasteiger charge is -2.29. The molecule has 3 N–H and O–H groups in total. The number of rotatable bonds is 5. The highest BCUT2D eigenvalue weighted by molar-refractivity contribution is 6.05. The van der Waals surface area contributed by atoms with Crippen LogP contribution in [0.1, 0.15) is 40.7 Å². The number of hydrogen-bond acceptors (Lipinski definition) is 6. The molecule has 0 spiro atoms. The van der Waals surface area contributed by atoms with E-state index in [9.17, 15) is 14.4 Å². The Bertz CT molecular complexity index is 845. The average Bonchev–Trinajstić information content (AvgIpc) is 3.36. The number of carbonyl (C=O) groups is 3. The number of nitrogens with one attached hydrogen (secondary N) is 3. The molecule has 0 aliphatic carbocycles. The molecule has 3 amide bonds. The summed E-state index contributed by atoms with van der Waals surface area (Å²) in [7, 11) is 0. The van der Waals surface area contributed by atoms with Gasteiger partial charge in [-0.2, -0.15) is 0 Å². The van der Waals surface area contributed by atoms with E-state index in [0.717, 1.165) is 43.9 Å². The molecule has 154 valence electrons. The molecule has 3 saturated heterocycles. The zero-order valence-electron chi connectivity index (χ0n) is 16.3. The molecule has 8 heteroatoms. The molecule has 0 radical (unpaired) electrons. The van der Waals surface area contributed by atoms with Crippen molar-refractivity contribution < 1.29 is 19.1 Å². The largest absolute Gasteiger partial charge is 0.379 e. The van der Waals surface area contributed by atoms with E-state index in [1.807, 2.05) is 12.1 Å². The van der Waals surface area contributed by atoms with Crippen LogP contribution >= 0.6 is 0 Å². The molecule has 0 saturated carbocycles. The molecule has 4 atom stereocenters. The van der Waals surface area contributed by atoms with E-state index in [4.69, 9.17) is 4.74 Å². The summed E-state index contributed by atoms with van der Waals surface area (Å²) in [5.74, 6) is -0.121. The summed E-state index contributed by atoms with van der Waals surface area (Å²) in [5, 5.41) is 9.49. The first-order valence-corrected chi connectivity index (χ1v) is 10.4. The number of fused-ring (bicyclic) bond motifs is 2. The molecule has 4 heterocycles. The number of benzene rings is 1. The second kappa shape index (κ2) is 7.51. The Kier molecular flexibility index (Phi) is 4.85. The maximum absolute atomic E-state index is 12.7. The van der Waals surface area contributed by atoms with E-state index in [0.29, 0.717) is 36.5 Å². The minimum absolute atomic E-state index is 0.127. The molecule has 0 bridgehead atoms. The van der Waals surface area contributed by atoms with Gasteiger partial charge >= 0.3 is 0 Å². The number of amides is 3. The summed E-state index contributed by atoms with van der Waals surface area (Å²) >= 11 is 0. The SMILES string of the molecule is O=C1CCC(N2Cc3cc(CNCC4CC5COCC5N4)ccc3C2=O)C(=O)N1. The van der Waals surface area contributed by atoms with Crippen LogP contribution in [0.2, 0.25) is 0 Å². The highest BCUT2D eigenvalue weighted by Crippen LogP contribution is 2.28. The monoisotopic (exact) mass is 398 g/mol. The Morgan fingerprint density at radius 2 is 2.10 bits per heavy atom. The van der Waals surface area contributed by atoms with Gasteiger partial charge in [0.05, 0.1) is 13.2 Å². The molecule has 0 aromatic heterocycles. The third kappa shape index (κ3) is 3.56. The van der Waals surface area contributed by atoms with Crippen LogP contribution in [0.4, 0.5) is 0 Å². The molecule has 1 aromatic rings. The predicted octanol–water partition coefficient (Wildman–Crippen LogP) is -0.0859. The van der Waals surface area contributed by atoms with E-state index < -0.39 is 6.04 Å². The van der Waals surface area contributed by atoms with E-state index in [1.54, 1.807) is 4.90 Å². The number of piperidine rings is 1. The van der Waals surface area contributed by atoms with Crippen LogP contribution in [0.15, 0.2) is 18.2 Å². The smallest absolute Gasteiger partial charge is 0.255 e. The second-order valence-electron chi connectivity index (χ2n) is 8.53. The standard InChI is InChI=1S/C21H26N4O4/c26-19-4-3-18(20(27)24-19)25-9-13-5-12(1-2-16(13)21(25)28)7-22-8-15-6-14-10-29-11-17(14)23-15/h1-2,5,14-15,17-18,22-23H,3-4,6-11H2,(H,24,26,27). The van der Waals surface area contributed by atoms with Crippen LogP contribution in [0.25, 0.3) is 0 Å². The van der Waals surface area contributed by atoms with Gasteiger partial charge in [0.15, 0.2) is 0 Å². The number of ether oxygens (including phenoxy) is 1. The van der Waals surface area contributed by atoms with Gasteiger partial charge in [-0.05, 0) is 30.0 Å². The van der Waals surface area contributed by atoms with Crippen LogP contribution in [-0.4, -0.2) is 60.5 Å². The number of nitrogens with zero attached hydrogens (tertiary/aromatic N) is 1. The van der Waals surface area contributed by atoms with E-state index >= 15 is 0 Å². The molecule has 8 nitrogen and oxygen atoms in total. The fraction of sp³-hybridized carbons (Fsp3) is 0.571. The first-order chi connectivity index (χ1) is 14.1. The zero-order valence-corrected chi connectivity index (χ0v) is 16.3. The zero-order chi connectivity index (χ0) is 20.0. The van der Waals surface area contributed by atoms with Gasteiger partial charge in [0, 0.05) is 49.6 Å².